The number of hydrogen-bond donors (Lipinski definition) is 0. The molecule has 0 spiro atoms. The van der Waals surface area contributed by atoms with Crippen LogP contribution < -0.4 is 0 Å². The zero-order valence-corrected chi connectivity index (χ0v) is 16.0. The highest BCUT2D eigenvalue weighted by Crippen LogP contribution is 2.52. The van der Waals surface area contributed by atoms with Crippen molar-refractivity contribution in [1.82, 2.24) is 5.06 Å². The Bertz CT molecular complexity index is 583. The molecule has 1 saturated heterocycles. The Kier molecular flexibility index (Phi) is 4.54. The fourth-order valence-electron chi connectivity index (χ4n) is 4.81. The molecule has 1 aliphatic heterocycles. The monoisotopic (exact) mass is 335 g/mol. The zero-order valence-electron chi connectivity index (χ0n) is 15.3. The van der Waals surface area contributed by atoms with E-state index in [0.717, 1.165) is 5.02 Å². The van der Waals surface area contributed by atoms with Gasteiger partial charge in [-0.15, -0.1) is 0 Å². The third-order valence-electron chi connectivity index (χ3n) is 5.91. The first-order chi connectivity index (χ1) is 10.7. The lowest BCUT2D eigenvalue weighted by Gasteiger charge is -2.41. The molecule has 3 rings (SSSR count). The predicted molar refractivity (Wildman–Crippen MR) is 96.7 cm³/mol. The van der Waals surface area contributed by atoms with E-state index in [0.29, 0.717) is 29.8 Å². The smallest absolute Gasteiger partial charge is 0.0888 e. The average Bonchev–Trinajstić information content (AvgIpc) is 2.74. The predicted octanol–water partition coefficient (Wildman–Crippen LogP) is 5.58. The first-order valence-electron chi connectivity index (χ1n) is 8.94. The summed E-state index contributed by atoms with van der Waals surface area (Å²) in [6.07, 6.45) is 2.40. The summed E-state index contributed by atoms with van der Waals surface area (Å²) in [4.78, 5) is 6.37. The molecule has 0 amide bonds. The van der Waals surface area contributed by atoms with Crippen molar-refractivity contribution in [3.8, 4) is 0 Å². The highest BCUT2D eigenvalue weighted by Gasteiger charge is 2.54. The van der Waals surface area contributed by atoms with Crippen LogP contribution in [-0.2, 0) is 4.84 Å². The van der Waals surface area contributed by atoms with Crippen LogP contribution in [0.5, 0.6) is 0 Å². The van der Waals surface area contributed by atoms with Crippen molar-refractivity contribution in [2.75, 3.05) is 0 Å². The zero-order chi connectivity index (χ0) is 16.9. The molecule has 1 aromatic rings. The maximum atomic E-state index is 6.37. The van der Waals surface area contributed by atoms with E-state index in [2.05, 4.69) is 58.7 Å². The lowest BCUT2D eigenvalue weighted by atomic mass is 9.65. The molecule has 2 nitrogen and oxygen atoms in total. The summed E-state index contributed by atoms with van der Waals surface area (Å²) >= 11 is 6.27. The number of rotatable bonds is 2. The summed E-state index contributed by atoms with van der Waals surface area (Å²) in [5.74, 6) is 1.78. The molecular weight excluding hydrogens is 306 g/mol. The van der Waals surface area contributed by atoms with Crippen LogP contribution in [0.4, 0.5) is 0 Å². The van der Waals surface area contributed by atoms with E-state index in [-0.39, 0.29) is 5.60 Å². The molecule has 4 unspecified atom stereocenters. The molecule has 128 valence electrons. The van der Waals surface area contributed by atoms with Crippen molar-refractivity contribution in [2.45, 2.75) is 78.0 Å². The second-order valence-corrected chi connectivity index (χ2v) is 8.83. The summed E-state index contributed by atoms with van der Waals surface area (Å²) in [6.45, 7) is 13.6. The van der Waals surface area contributed by atoms with E-state index in [9.17, 15) is 0 Å². The summed E-state index contributed by atoms with van der Waals surface area (Å²) in [5.41, 5.74) is 2.71. The van der Waals surface area contributed by atoms with Gasteiger partial charge in [-0.3, -0.25) is 4.84 Å². The number of nitrogens with zero attached hydrogens (tertiary/aromatic N) is 1. The fourth-order valence-corrected chi connectivity index (χ4v) is 4.99. The van der Waals surface area contributed by atoms with Crippen LogP contribution in [-0.4, -0.2) is 22.7 Å². The lowest BCUT2D eigenvalue weighted by Crippen LogP contribution is -2.45. The van der Waals surface area contributed by atoms with Gasteiger partial charge in [0.25, 0.3) is 0 Å². The van der Waals surface area contributed by atoms with Crippen molar-refractivity contribution >= 4 is 11.6 Å². The summed E-state index contributed by atoms with van der Waals surface area (Å²) in [7, 11) is 0. The van der Waals surface area contributed by atoms with Gasteiger partial charge in [-0.1, -0.05) is 24.6 Å². The number of halogens is 1. The van der Waals surface area contributed by atoms with Crippen LogP contribution in [0, 0.1) is 18.8 Å². The standard InChI is InChI=1S/C20H30ClNO/c1-12(2)22-19-14(4)9-15(10-18(19)20(5,6)23-22)17-11-16(21)8-7-13(17)3/h7-8,11-12,14-15,18-19H,9-10H2,1-6H3. The van der Waals surface area contributed by atoms with Crippen molar-refractivity contribution < 1.29 is 4.84 Å². The molecule has 2 fully saturated rings. The van der Waals surface area contributed by atoms with Gasteiger partial charge < -0.3 is 0 Å². The Morgan fingerprint density at radius 1 is 1.26 bits per heavy atom. The average molecular weight is 336 g/mol. The molecule has 0 aromatic heterocycles. The van der Waals surface area contributed by atoms with Gasteiger partial charge in [-0.2, -0.15) is 5.06 Å². The fraction of sp³-hybridized carbons (Fsp3) is 0.700. The molecule has 4 atom stereocenters. The normalized spacial score (nSPS) is 33.9. The molecule has 2 aliphatic rings. The minimum Gasteiger partial charge on any atom is -0.292 e. The van der Waals surface area contributed by atoms with E-state index in [4.69, 9.17) is 16.4 Å². The van der Waals surface area contributed by atoms with Gasteiger partial charge >= 0.3 is 0 Å². The molecular formula is C20H30ClNO. The van der Waals surface area contributed by atoms with Gasteiger partial charge in [0.1, 0.15) is 0 Å². The van der Waals surface area contributed by atoms with Crippen molar-refractivity contribution in [3.63, 3.8) is 0 Å². The van der Waals surface area contributed by atoms with Gasteiger partial charge in [0.05, 0.1) is 5.60 Å². The van der Waals surface area contributed by atoms with Crippen LogP contribution in [0.15, 0.2) is 18.2 Å². The van der Waals surface area contributed by atoms with Crippen LogP contribution in [0.25, 0.3) is 0 Å². The number of benzene rings is 1. The van der Waals surface area contributed by atoms with Crippen molar-refractivity contribution in [1.29, 1.82) is 0 Å². The second kappa shape index (κ2) is 6.06. The van der Waals surface area contributed by atoms with E-state index in [1.54, 1.807) is 0 Å². The quantitative estimate of drug-likeness (QED) is 0.699. The van der Waals surface area contributed by atoms with Crippen molar-refractivity contribution in [2.24, 2.45) is 11.8 Å². The number of fused-ring (bicyclic) bond motifs is 1. The number of aryl methyl sites for hydroxylation is 1. The van der Waals surface area contributed by atoms with E-state index >= 15 is 0 Å². The Morgan fingerprint density at radius 2 is 1.96 bits per heavy atom. The van der Waals surface area contributed by atoms with Crippen molar-refractivity contribution in [3.05, 3.63) is 34.3 Å². The van der Waals surface area contributed by atoms with Gasteiger partial charge in [0, 0.05) is 23.0 Å². The molecule has 1 aromatic carbocycles. The van der Waals surface area contributed by atoms with Gasteiger partial charge in [0.2, 0.25) is 0 Å². The van der Waals surface area contributed by atoms with E-state index in [1.165, 1.54) is 24.0 Å². The van der Waals surface area contributed by atoms with Gasteiger partial charge in [-0.05, 0) is 82.6 Å². The highest BCUT2D eigenvalue weighted by atomic mass is 35.5. The Hall–Kier alpha value is -0.570. The molecule has 3 heteroatoms. The molecule has 1 saturated carbocycles. The minimum absolute atomic E-state index is 0.0889. The molecule has 0 bridgehead atoms. The first-order valence-corrected chi connectivity index (χ1v) is 9.32. The molecule has 1 heterocycles. The van der Waals surface area contributed by atoms with Gasteiger partial charge in [-0.25, -0.2) is 0 Å². The molecule has 0 N–H and O–H groups in total. The topological polar surface area (TPSA) is 12.5 Å². The highest BCUT2D eigenvalue weighted by molar-refractivity contribution is 6.30. The minimum atomic E-state index is -0.0889. The Labute approximate surface area is 146 Å². The number of hydrogen-bond acceptors (Lipinski definition) is 2. The lowest BCUT2D eigenvalue weighted by molar-refractivity contribution is -0.215. The Balaban J connectivity index is 1.92. The SMILES string of the molecule is Cc1ccc(Cl)cc1C1CC(C)C2C(C1)C(C)(C)ON2C(C)C. The summed E-state index contributed by atoms with van der Waals surface area (Å²) < 4.78 is 0. The number of hydroxylamine groups is 2. The van der Waals surface area contributed by atoms with Crippen LogP contribution >= 0.6 is 11.6 Å². The summed E-state index contributed by atoms with van der Waals surface area (Å²) in [6, 6.07) is 7.29. The third-order valence-corrected chi connectivity index (χ3v) is 6.14. The first kappa shape index (κ1) is 17.3. The summed E-state index contributed by atoms with van der Waals surface area (Å²) in [5, 5.41) is 3.13. The third kappa shape index (κ3) is 3.06. The maximum Gasteiger partial charge on any atom is 0.0888 e. The van der Waals surface area contributed by atoms with E-state index < -0.39 is 0 Å². The molecule has 0 radical (unpaired) electrons. The maximum absolute atomic E-state index is 6.37. The van der Waals surface area contributed by atoms with Crippen LogP contribution in [0.1, 0.15) is 64.5 Å². The van der Waals surface area contributed by atoms with Crippen LogP contribution in [0.3, 0.4) is 0 Å². The largest absolute Gasteiger partial charge is 0.292 e. The second-order valence-electron chi connectivity index (χ2n) is 8.39. The van der Waals surface area contributed by atoms with E-state index in [1.807, 2.05) is 6.07 Å². The van der Waals surface area contributed by atoms with Crippen LogP contribution in [0.2, 0.25) is 5.02 Å². The molecule has 23 heavy (non-hydrogen) atoms. The van der Waals surface area contributed by atoms with Gasteiger partial charge in [0.15, 0.2) is 0 Å². The Morgan fingerprint density at radius 3 is 2.61 bits per heavy atom. The molecule has 1 aliphatic carbocycles.